The number of anilines is 1. The summed E-state index contributed by atoms with van der Waals surface area (Å²) in [5.41, 5.74) is 6.39. The number of benzene rings is 1. The molecule has 0 fully saturated rings. The van der Waals surface area contributed by atoms with Crippen molar-refractivity contribution in [1.29, 1.82) is 0 Å². The van der Waals surface area contributed by atoms with Gasteiger partial charge >= 0.3 is 0 Å². The molecule has 0 saturated heterocycles. The number of aromatic nitrogens is 2. The van der Waals surface area contributed by atoms with Gasteiger partial charge in [-0.2, -0.15) is 4.98 Å². The molecular weight excluding hydrogens is 262 g/mol. The van der Waals surface area contributed by atoms with E-state index in [9.17, 15) is 5.11 Å². The van der Waals surface area contributed by atoms with Crippen molar-refractivity contribution in [3.05, 3.63) is 24.0 Å². The highest BCUT2D eigenvalue weighted by Gasteiger charge is 2.16. The lowest BCUT2D eigenvalue weighted by Crippen LogP contribution is -2.07. The van der Waals surface area contributed by atoms with Crippen LogP contribution in [0.4, 0.5) is 5.69 Å². The summed E-state index contributed by atoms with van der Waals surface area (Å²) in [4.78, 5) is 4.27. The molecule has 1 heterocycles. The molecule has 0 aliphatic heterocycles. The first-order chi connectivity index (χ1) is 8.87. The van der Waals surface area contributed by atoms with Gasteiger partial charge in [0.15, 0.2) is 11.6 Å². The maximum atomic E-state index is 9.86. The Morgan fingerprint density at radius 2 is 2.11 bits per heavy atom. The molecular formula is C13H17N3O2S. The summed E-state index contributed by atoms with van der Waals surface area (Å²) in [6.07, 6.45) is 0. The molecule has 0 radical (unpaired) electrons. The third-order valence-corrected chi connectivity index (χ3v) is 3.67. The smallest absolute Gasteiger partial charge is 0.261 e. The number of nitrogens with two attached hydrogens (primary N) is 1. The largest absolute Gasteiger partial charge is 0.505 e. The maximum absolute atomic E-state index is 9.86. The van der Waals surface area contributed by atoms with Gasteiger partial charge in [-0.1, -0.05) is 32.0 Å². The first-order valence-electron chi connectivity index (χ1n) is 5.91. The molecule has 1 aromatic heterocycles. The fourth-order valence-electron chi connectivity index (χ4n) is 1.44. The van der Waals surface area contributed by atoms with Crippen molar-refractivity contribution in [1.82, 2.24) is 10.1 Å². The quantitative estimate of drug-likeness (QED) is 0.663. The van der Waals surface area contributed by atoms with Gasteiger partial charge < -0.3 is 15.4 Å². The molecule has 19 heavy (non-hydrogen) atoms. The Morgan fingerprint density at radius 3 is 2.79 bits per heavy atom. The summed E-state index contributed by atoms with van der Waals surface area (Å²) in [5, 5.41) is 13.8. The number of aromatic hydroxyl groups is 1. The second-order valence-electron chi connectivity index (χ2n) is 5.16. The molecule has 3 N–H and O–H groups in total. The van der Waals surface area contributed by atoms with E-state index in [0.29, 0.717) is 22.8 Å². The molecule has 0 aliphatic rings. The zero-order chi connectivity index (χ0) is 14.0. The van der Waals surface area contributed by atoms with Crippen LogP contribution in [0.15, 0.2) is 22.7 Å². The third kappa shape index (κ3) is 3.41. The van der Waals surface area contributed by atoms with Gasteiger partial charge in [0.25, 0.3) is 5.89 Å². The predicted molar refractivity (Wildman–Crippen MR) is 76.9 cm³/mol. The van der Waals surface area contributed by atoms with Crippen LogP contribution in [0.5, 0.6) is 5.75 Å². The summed E-state index contributed by atoms with van der Waals surface area (Å²) >= 11 is 1.73. The highest BCUT2D eigenvalue weighted by atomic mass is 32.2. The number of hydrogen-bond acceptors (Lipinski definition) is 6. The van der Waals surface area contributed by atoms with E-state index in [1.807, 2.05) is 0 Å². The summed E-state index contributed by atoms with van der Waals surface area (Å²) in [5.74, 6) is 1.53. The summed E-state index contributed by atoms with van der Waals surface area (Å²) in [6.45, 7) is 6.38. The van der Waals surface area contributed by atoms with E-state index in [-0.39, 0.29) is 16.4 Å². The van der Waals surface area contributed by atoms with Crippen LogP contribution in [0.3, 0.4) is 0 Å². The molecule has 0 spiro atoms. The number of nitrogen functional groups attached to an aromatic ring is 1. The van der Waals surface area contributed by atoms with E-state index in [4.69, 9.17) is 10.3 Å². The number of rotatable bonds is 3. The van der Waals surface area contributed by atoms with E-state index in [0.717, 1.165) is 0 Å². The predicted octanol–water partition coefficient (Wildman–Crippen LogP) is 3.06. The minimum atomic E-state index is -0.0267. The van der Waals surface area contributed by atoms with Crippen LogP contribution in [-0.4, -0.2) is 20.0 Å². The van der Waals surface area contributed by atoms with Crippen molar-refractivity contribution in [2.45, 2.75) is 31.3 Å². The first kappa shape index (κ1) is 13.7. The molecule has 0 atom stereocenters. The highest BCUT2D eigenvalue weighted by Crippen LogP contribution is 2.33. The molecule has 2 rings (SSSR count). The van der Waals surface area contributed by atoms with Gasteiger partial charge in [0.2, 0.25) is 0 Å². The molecule has 0 aliphatic carbocycles. The van der Waals surface area contributed by atoms with Gasteiger partial charge in [-0.15, -0.1) is 11.8 Å². The van der Waals surface area contributed by atoms with Crippen LogP contribution in [0.2, 0.25) is 0 Å². The van der Waals surface area contributed by atoms with Crippen LogP contribution >= 0.6 is 11.8 Å². The van der Waals surface area contributed by atoms with Crippen molar-refractivity contribution in [2.75, 3.05) is 5.73 Å². The van der Waals surface area contributed by atoms with E-state index in [2.05, 4.69) is 30.9 Å². The molecule has 2 aromatic rings. The fourth-order valence-corrected chi connectivity index (χ4v) is 2.12. The molecule has 5 nitrogen and oxygen atoms in total. The molecule has 6 heteroatoms. The Balaban J connectivity index is 2.19. The van der Waals surface area contributed by atoms with Crippen LogP contribution in [0.25, 0.3) is 11.5 Å². The summed E-state index contributed by atoms with van der Waals surface area (Å²) in [6, 6.07) is 5.05. The topological polar surface area (TPSA) is 85.2 Å². The standard InChI is InChI=1S/C13H17N3O2S/c1-13(2,3)19-7-10-15-12(18-16-10)8-5-4-6-9(14)11(8)17/h4-6,17H,7,14H2,1-3H3. The van der Waals surface area contributed by atoms with E-state index >= 15 is 0 Å². The SMILES string of the molecule is CC(C)(C)SCc1noc(-c2cccc(N)c2O)n1. The van der Waals surface area contributed by atoms with Crippen LogP contribution in [0.1, 0.15) is 26.6 Å². The second-order valence-corrected chi connectivity index (χ2v) is 6.96. The van der Waals surface area contributed by atoms with Crippen molar-refractivity contribution in [2.24, 2.45) is 0 Å². The molecule has 102 valence electrons. The Kier molecular flexibility index (Phi) is 3.71. The van der Waals surface area contributed by atoms with Gasteiger partial charge in [-0.05, 0) is 12.1 Å². The summed E-state index contributed by atoms with van der Waals surface area (Å²) in [7, 11) is 0. The number of hydrogen-bond donors (Lipinski definition) is 2. The normalized spacial score (nSPS) is 11.7. The Morgan fingerprint density at radius 1 is 1.37 bits per heavy atom. The van der Waals surface area contributed by atoms with Crippen molar-refractivity contribution in [3.63, 3.8) is 0 Å². The van der Waals surface area contributed by atoms with Gasteiger partial charge in [-0.25, -0.2) is 0 Å². The average Bonchev–Trinajstić information content (AvgIpc) is 2.78. The number of para-hydroxylation sites is 1. The zero-order valence-electron chi connectivity index (χ0n) is 11.2. The summed E-state index contributed by atoms with van der Waals surface area (Å²) < 4.78 is 5.30. The number of thioether (sulfide) groups is 1. The van der Waals surface area contributed by atoms with Gasteiger partial charge in [0.1, 0.15) is 0 Å². The molecule has 0 amide bonds. The lowest BCUT2D eigenvalue weighted by Gasteiger charge is -2.15. The minimum absolute atomic E-state index is 0.0267. The Labute approximate surface area is 116 Å². The van der Waals surface area contributed by atoms with Crippen LogP contribution in [0, 0.1) is 0 Å². The number of phenolic OH excluding ortho intramolecular Hbond substituents is 1. The lowest BCUT2D eigenvalue weighted by atomic mass is 10.2. The monoisotopic (exact) mass is 279 g/mol. The van der Waals surface area contributed by atoms with Crippen LogP contribution in [-0.2, 0) is 5.75 Å². The maximum Gasteiger partial charge on any atom is 0.261 e. The van der Waals surface area contributed by atoms with Gasteiger partial charge in [-0.3, -0.25) is 0 Å². The highest BCUT2D eigenvalue weighted by molar-refractivity contribution is 7.99. The van der Waals surface area contributed by atoms with E-state index in [1.165, 1.54) is 0 Å². The minimum Gasteiger partial charge on any atom is -0.505 e. The zero-order valence-corrected chi connectivity index (χ0v) is 12.0. The fraction of sp³-hybridized carbons (Fsp3) is 0.385. The number of nitrogens with zero attached hydrogens (tertiary/aromatic N) is 2. The molecule has 0 saturated carbocycles. The van der Waals surface area contributed by atoms with Crippen molar-refractivity contribution >= 4 is 17.4 Å². The lowest BCUT2D eigenvalue weighted by molar-refractivity contribution is 0.420. The van der Waals surface area contributed by atoms with Crippen molar-refractivity contribution < 1.29 is 9.63 Å². The Hall–Kier alpha value is -1.69. The van der Waals surface area contributed by atoms with Gasteiger partial charge in [0.05, 0.1) is 17.0 Å². The average molecular weight is 279 g/mol. The van der Waals surface area contributed by atoms with Gasteiger partial charge in [0, 0.05) is 4.75 Å². The van der Waals surface area contributed by atoms with E-state index in [1.54, 1.807) is 30.0 Å². The van der Waals surface area contributed by atoms with E-state index < -0.39 is 0 Å². The van der Waals surface area contributed by atoms with Crippen LogP contribution < -0.4 is 5.73 Å². The first-order valence-corrected chi connectivity index (χ1v) is 6.90. The van der Waals surface area contributed by atoms with Crippen molar-refractivity contribution in [3.8, 4) is 17.2 Å². The molecule has 0 unspecified atom stereocenters. The molecule has 1 aromatic carbocycles. The Bertz CT molecular complexity index is 576. The third-order valence-electron chi connectivity index (χ3n) is 2.40. The second kappa shape index (κ2) is 5.13. The molecule has 0 bridgehead atoms. The number of phenols is 1.